The normalized spacial score (nSPS) is 11.8. The first kappa shape index (κ1) is 16.1. The van der Waals surface area contributed by atoms with Gasteiger partial charge in [-0.3, -0.25) is 9.59 Å². The van der Waals surface area contributed by atoms with Crippen LogP contribution in [0.4, 0.5) is 14.5 Å². The van der Waals surface area contributed by atoms with Gasteiger partial charge in [0.05, 0.1) is 0 Å². The number of carbonyl (C=O) groups is 2. The van der Waals surface area contributed by atoms with Gasteiger partial charge in [0.2, 0.25) is 11.8 Å². The quantitative estimate of drug-likeness (QED) is 0.901. The molecule has 6 heteroatoms. The van der Waals surface area contributed by atoms with E-state index in [2.05, 4.69) is 5.32 Å². The van der Waals surface area contributed by atoms with Gasteiger partial charge in [-0.1, -0.05) is 6.92 Å². The molecule has 0 bridgehead atoms. The van der Waals surface area contributed by atoms with E-state index >= 15 is 0 Å². The van der Waals surface area contributed by atoms with Gasteiger partial charge in [-0.25, -0.2) is 8.78 Å². The third-order valence-electron chi connectivity index (χ3n) is 2.92. The second-order valence-corrected chi connectivity index (χ2v) is 4.58. The number of hydrogen-bond donors (Lipinski definition) is 1. The smallest absolute Gasteiger partial charge is 0.240 e. The van der Waals surface area contributed by atoms with Crippen molar-refractivity contribution in [1.82, 2.24) is 5.32 Å². The van der Waals surface area contributed by atoms with Gasteiger partial charge in [-0.05, 0) is 25.5 Å². The summed E-state index contributed by atoms with van der Waals surface area (Å²) in [6.07, 6.45) is 0.761. The van der Waals surface area contributed by atoms with Gasteiger partial charge in [-0.15, -0.1) is 0 Å². The third-order valence-corrected chi connectivity index (χ3v) is 2.92. The molecule has 110 valence electrons. The maximum Gasteiger partial charge on any atom is 0.240 e. The molecule has 2 amide bonds. The minimum atomic E-state index is -1.06. The van der Waals surface area contributed by atoms with Crippen LogP contribution < -0.4 is 10.2 Å². The minimum Gasteiger partial charge on any atom is -0.352 e. The van der Waals surface area contributed by atoms with Crippen molar-refractivity contribution in [2.24, 2.45) is 0 Å². The molecule has 1 rings (SSSR count). The highest BCUT2D eigenvalue weighted by Gasteiger charge is 2.18. The Balaban J connectivity index is 2.86. The van der Waals surface area contributed by atoms with E-state index in [1.165, 1.54) is 13.0 Å². The molecule has 0 spiro atoms. The zero-order valence-corrected chi connectivity index (χ0v) is 11.7. The molecular formula is C14H18F2N2O2. The van der Waals surface area contributed by atoms with Gasteiger partial charge in [0.25, 0.3) is 0 Å². The first-order chi connectivity index (χ1) is 9.35. The van der Waals surface area contributed by atoms with E-state index in [-0.39, 0.29) is 24.2 Å². The van der Waals surface area contributed by atoms with Crippen LogP contribution in [0.2, 0.25) is 0 Å². The van der Waals surface area contributed by atoms with Crippen LogP contribution in [0.15, 0.2) is 18.2 Å². The molecular weight excluding hydrogens is 266 g/mol. The Morgan fingerprint density at radius 1 is 1.30 bits per heavy atom. The average Bonchev–Trinajstić information content (AvgIpc) is 2.38. The average molecular weight is 284 g/mol. The fourth-order valence-corrected chi connectivity index (χ4v) is 1.60. The summed E-state index contributed by atoms with van der Waals surface area (Å²) in [6, 6.07) is 3.07. The zero-order chi connectivity index (χ0) is 15.3. The van der Waals surface area contributed by atoms with Crippen molar-refractivity contribution in [3.63, 3.8) is 0 Å². The molecule has 1 N–H and O–H groups in total. The van der Waals surface area contributed by atoms with Crippen LogP contribution in [0.3, 0.4) is 0 Å². The SMILES string of the molecule is CCC(C)NC(=O)CN(C(C)=O)c1ccc(F)c(F)c1. The monoisotopic (exact) mass is 284 g/mol. The number of halogens is 2. The summed E-state index contributed by atoms with van der Waals surface area (Å²) in [5.41, 5.74) is 0.149. The molecule has 1 aromatic rings. The summed E-state index contributed by atoms with van der Waals surface area (Å²) in [4.78, 5) is 24.4. The highest BCUT2D eigenvalue weighted by molar-refractivity contribution is 5.97. The van der Waals surface area contributed by atoms with E-state index in [0.29, 0.717) is 0 Å². The minimum absolute atomic E-state index is 0.0127. The van der Waals surface area contributed by atoms with Gasteiger partial charge in [0, 0.05) is 24.7 Å². The fraction of sp³-hybridized carbons (Fsp3) is 0.429. The second kappa shape index (κ2) is 6.98. The molecule has 0 fully saturated rings. The molecule has 0 aliphatic heterocycles. The van der Waals surface area contributed by atoms with Crippen LogP contribution in [0, 0.1) is 11.6 Å². The molecule has 4 nitrogen and oxygen atoms in total. The second-order valence-electron chi connectivity index (χ2n) is 4.58. The third kappa shape index (κ3) is 4.29. The summed E-state index contributed by atoms with van der Waals surface area (Å²) in [7, 11) is 0. The number of amides is 2. The molecule has 0 saturated carbocycles. The van der Waals surface area contributed by atoms with E-state index in [4.69, 9.17) is 0 Å². The number of nitrogens with one attached hydrogen (secondary N) is 1. The van der Waals surface area contributed by atoms with Crippen molar-refractivity contribution in [2.75, 3.05) is 11.4 Å². The van der Waals surface area contributed by atoms with Crippen molar-refractivity contribution in [3.05, 3.63) is 29.8 Å². The van der Waals surface area contributed by atoms with Crippen molar-refractivity contribution >= 4 is 17.5 Å². The van der Waals surface area contributed by atoms with Crippen LogP contribution in [-0.2, 0) is 9.59 Å². The lowest BCUT2D eigenvalue weighted by molar-refractivity contribution is -0.123. The largest absolute Gasteiger partial charge is 0.352 e. The highest BCUT2D eigenvalue weighted by Crippen LogP contribution is 2.18. The van der Waals surface area contributed by atoms with Crippen molar-refractivity contribution in [1.29, 1.82) is 0 Å². The Hall–Kier alpha value is -1.98. The lowest BCUT2D eigenvalue weighted by atomic mass is 10.2. The summed E-state index contributed by atoms with van der Waals surface area (Å²) in [5.74, 6) is -2.83. The Kier molecular flexibility index (Phi) is 5.61. The van der Waals surface area contributed by atoms with E-state index < -0.39 is 17.5 Å². The maximum atomic E-state index is 13.2. The number of carbonyl (C=O) groups excluding carboxylic acids is 2. The Bertz CT molecular complexity index is 506. The van der Waals surface area contributed by atoms with Crippen molar-refractivity contribution in [3.8, 4) is 0 Å². The molecule has 0 aliphatic rings. The predicted octanol–water partition coefficient (Wildman–Crippen LogP) is 2.23. The highest BCUT2D eigenvalue weighted by atomic mass is 19.2. The molecule has 0 heterocycles. The molecule has 1 unspecified atom stereocenters. The predicted molar refractivity (Wildman–Crippen MR) is 72.3 cm³/mol. The van der Waals surface area contributed by atoms with E-state index in [1.54, 1.807) is 0 Å². The summed E-state index contributed by atoms with van der Waals surface area (Å²) < 4.78 is 26.1. The molecule has 0 aromatic heterocycles. The fourth-order valence-electron chi connectivity index (χ4n) is 1.60. The van der Waals surface area contributed by atoms with Crippen LogP contribution >= 0.6 is 0 Å². The molecule has 20 heavy (non-hydrogen) atoms. The first-order valence-corrected chi connectivity index (χ1v) is 6.37. The molecule has 0 radical (unpaired) electrons. The number of hydrogen-bond acceptors (Lipinski definition) is 2. The lowest BCUT2D eigenvalue weighted by Gasteiger charge is -2.22. The van der Waals surface area contributed by atoms with E-state index in [9.17, 15) is 18.4 Å². The van der Waals surface area contributed by atoms with Gasteiger partial charge in [-0.2, -0.15) is 0 Å². The molecule has 1 atom stereocenters. The van der Waals surface area contributed by atoms with E-state index in [0.717, 1.165) is 23.5 Å². The molecule has 0 aliphatic carbocycles. The number of anilines is 1. The topological polar surface area (TPSA) is 49.4 Å². The Morgan fingerprint density at radius 2 is 1.95 bits per heavy atom. The number of rotatable bonds is 5. The first-order valence-electron chi connectivity index (χ1n) is 6.37. The standard InChI is InChI=1S/C14H18F2N2O2/c1-4-9(2)17-14(20)8-18(10(3)19)11-5-6-12(15)13(16)7-11/h5-7,9H,4,8H2,1-3H3,(H,17,20). The molecule has 0 saturated heterocycles. The Morgan fingerprint density at radius 3 is 2.45 bits per heavy atom. The number of nitrogens with zero attached hydrogens (tertiary/aromatic N) is 1. The van der Waals surface area contributed by atoms with Crippen molar-refractivity contribution < 1.29 is 18.4 Å². The van der Waals surface area contributed by atoms with Crippen molar-refractivity contribution in [2.45, 2.75) is 33.2 Å². The number of benzene rings is 1. The van der Waals surface area contributed by atoms with E-state index in [1.807, 2.05) is 13.8 Å². The summed E-state index contributed by atoms with van der Waals surface area (Å²) in [5, 5.41) is 2.71. The maximum absolute atomic E-state index is 13.2. The van der Waals surface area contributed by atoms with Gasteiger partial charge in [0.15, 0.2) is 11.6 Å². The van der Waals surface area contributed by atoms with Gasteiger partial charge >= 0.3 is 0 Å². The summed E-state index contributed by atoms with van der Waals surface area (Å²) in [6.45, 7) is 4.79. The Labute approximate surface area is 116 Å². The van der Waals surface area contributed by atoms with Crippen LogP contribution in [0.25, 0.3) is 0 Å². The van der Waals surface area contributed by atoms with Gasteiger partial charge in [0.1, 0.15) is 6.54 Å². The van der Waals surface area contributed by atoms with Crippen LogP contribution in [0.5, 0.6) is 0 Å². The molecule has 1 aromatic carbocycles. The lowest BCUT2D eigenvalue weighted by Crippen LogP contribution is -2.42. The van der Waals surface area contributed by atoms with Crippen LogP contribution in [-0.4, -0.2) is 24.4 Å². The summed E-state index contributed by atoms with van der Waals surface area (Å²) >= 11 is 0. The zero-order valence-electron chi connectivity index (χ0n) is 11.7. The van der Waals surface area contributed by atoms with Crippen LogP contribution in [0.1, 0.15) is 27.2 Å². The van der Waals surface area contributed by atoms with Gasteiger partial charge < -0.3 is 10.2 Å².